The molecule has 2 rings (SSSR count). The highest BCUT2D eigenvalue weighted by Gasteiger charge is 2.28. The molecule has 0 bridgehead atoms. The largest absolute Gasteiger partial charge is 0.396 e. The molecule has 0 saturated heterocycles. The molecule has 0 heterocycles. The molecule has 2 aromatic rings. The van der Waals surface area contributed by atoms with E-state index in [1.54, 1.807) is 0 Å². The van der Waals surface area contributed by atoms with Crippen LogP contribution in [-0.2, 0) is 0 Å². The minimum atomic E-state index is -1.51. The molecule has 2 aromatic carbocycles. The van der Waals surface area contributed by atoms with E-state index in [9.17, 15) is 0 Å². The highest BCUT2D eigenvalue weighted by atomic mass is 28.3. The van der Waals surface area contributed by atoms with Gasteiger partial charge in [-0.2, -0.15) is 0 Å². The second-order valence-corrected chi connectivity index (χ2v) is 12.2. The molecule has 2 N–H and O–H groups in total. The summed E-state index contributed by atoms with van der Waals surface area (Å²) in [6, 6.07) is 21.3. The molecule has 0 amide bonds. The van der Waals surface area contributed by atoms with Crippen molar-refractivity contribution in [2.24, 2.45) is 5.84 Å². The van der Waals surface area contributed by atoms with Gasteiger partial charge in [0.05, 0.1) is 11.7 Å². The van der Waals surface area contributed by atoms with E-state index in [1.807, 2.05) is 23.2 Å². The zero-order chi connectivity index (χ0) is 17.6. The highest BCUT2D eigenvalue weighted by Crippen LogP contribution is 2.24. The molecule has 0 aliphatic rings. The van der Waals surface area contributed by atoms with Gasteiger partial charge in [0.25, 0.3) is 0 Å². The molecule has 0 radical (unpaired) electrons. The van der Waals surface area contributed by atoms with Crippen LogP contribution in [0.1, 0.15) is 19.8 Å². The second-order valence-electron chi connectivity index (χ2n) is 7.30. The Kier molecular flexibility index (Phi) is 6.46. The number of hydrazine groups is 1. The number of hydrogen-bond donors (Lipinski definition) is 1. The quantitative estimate of drug-likeness (QED) is 0.422. The molecule has 24 heavy (non-hydrogen) atoms. The third-order valence-corrected chi connectivity index (χ3v) is 6.40. The topological polar surface area (TPSA) is 32.5 Å². The summed E-state index contributed by atoms with van der Waals surface area (Å²) in [5.41, 5.74) is 2.39. The molecular formula is C20H31N3Si. The number of para-hydroxylation sites is 2. The van der Waals surface area contributed by atoms with Gasteiger partial charge in [-0.25, -0.2) is 5.84 Å². The third-order valence-electron chi connectivity index (χ3n) is 4.34. The van der Waals surface area contributed by atoms with Crippen LogP contribution in [0, 0.1) is 0 Å². The van der Waals surface area contributed by atoms with Crippen molar-refractivity contribution in [2.75, 3.05) is 16.1 Å². The van der Waals surface area contributed by atoms with Crippen molar-refractivity contribution in [2.45, 2.75) is 45.4 Å². The van der Waals surface area contributed by atoms with E-state index in [0.29, 0.717) is 6.04 Å². The van der Waals surface area contributed by atoms with Gasteiger partial charge in [0.15, 0.2) is 0 Å². The van der Waals surface area contributed by atoms with Crippen LogP contribution in [0.25, 0.3) is 0 Å². The maximum Gasteiger partial charge on any atom is 0.147 e. The number of anilines is 2. The lowest BCUT2D eigenvalue weighted by Crippen LogP contribution is -2.55. The molecule has 0 fully saturated rings. The minimum absolute atomic E-state index is 0.296. The first-order chi connectivity index (χ1) is 11.4. The van der Waals surface area contributed by atoms with E-state index < -0.39 is 8.24 Å². The molecule has 1 atom stereocenters. The monoisotopic (exact) mass is 341 g/mol. The lowest BCUT2D eigenvalue weighted by Gasteiger charge is -2.41. The van der Waals surface area contributed by atoms with E-state index in [4.69, 9.17) is 5.84 Å². The first-order valence-corrected chi connectivity index (χ1v) is 12.3. The molecule has 0 saturated carbocycles. The van der Waals surface area contributed by atoms with Gasteiger partial charge in [0.2, 0.25) is 0 Å². The van der Waals surface area contributed by atoms with E-state index in [1.165, 1.54) is 5.69 Å². The van der Waals surface area contributed by atoms with Crippen LogP contribution in [0.5, 0.6) is 0 Å². The molecule has 0 aliphatic heterocycles. The fourth-order valence-electron chi connectivity index (χ4n) is 3.05. The second kappa shape index (κ2) is 8.35. The van der Waals surface area contributed by atoms with Gasteiger partial charge in [0.1, 0.15) is 8.24 Å². The Morgan fingerprint density at radius 1 is 0.875 bits per heavy atom. The molecule has 130 valence electrons. The van der Waals surface area contributed by atoms with Crippen LogP contribution >= 0.6 is 0 Å². The van der Waals surface area contributed by atoms with Gasteiger partial charge in [-0.15, -0.1) is 0 Å². The number of rotatable bonds is 8. The third kappa shape index (κ3) is 4.85. The fourth-order valence-corrected chi connectivity index (χ4v) is 4.73. The van der Waals surface area contributed by atoms with Crippen molar-refractivity contribution in [1.82, 2.24) is 0 Å². The van der Waals surface area contributed by atoms with Gasteiger partial charge in [-0.1, -0.05) is 69.4 Å². The lowest BCUT2D eigenvalue weighted by atomic mass is 10.1. The molecule has 4 heteroatoms. The van der Waals surface area contributed by atoms with Gasteiger partial charge >= 0.3 is 0 Å². The van der Waals surface area contributed by atoms with Crippen molar-refractivity contribution in [3.63, 3.8) is 0 Å². The molecule has 0 aromatic heterocycles. The predicted molar refractivity (Wildman–Crippen MR) is 109 cm³/mol. The normalized spacial score (nSPS) is 12.7. The molecule has 0 aliphatic carbocycles. The molecule has 0 spiro atoms. The summed E-state index contributed by atoms with van der Waals surface area (Å²) >= 11 is 0. The fraction of sp³-hybridized carbons (Fsp3) is 0.400. The van der Waals surface area contributed by atoms with Crippen molar-refractivity contribution in [3.8, 4) is 0 Å². The Hall–Kier alpha value is -1.78. The van der Waals surface area contributed by atoms with Gasteiger partial charge < -0.3 is 9.57 Å². The van der Waals surface area contributed by atoms with Crippen LogP contribution in [0.4, 0.5) is 11.4 Å². The van der Waals surface area contributed by atoms with Crippen LogP contribution in [-0.4, -0.2) is 20.8 Å². The summed E-state index contributed by atoms with van der Waals surface area (Å²) in [6.45, 7) is 10.4. The van der Waals surface area contributed by atoms with Crippen molar-refractivity contribution >= 4 is 19.6 Å². The van der Waals surface area contributed by atoms with E-state index in [2.05, 4.69) is 73.6 Å². The maximum absolute atomic E-state index is 6.52. The van der Waals surface area contributed by atoms with E-state index >= 15 is 0 Å². The number of hydrogen-bond acceptors (Lipinski definition) is 3. The Morgan fingerprint density at radius 2 is 1.38 bits per heavy atom. The number of nitrogens with zero attached hydrogens (tertiary/aromatic N) is 2. The standard InChI is InChI=1S/C20H31N3Si/c1-5-12-20(23(21)19-15-10-7-11-16-19)17-22(24(2,3)4)18-13-8-6-9-14-18/h6-11,13-16,20H,5,12,17,21H2,1-4H3. The predicted octanol–water partition coefficient (Wildman–Crippen LogP) is 4.88. The number of benzene rings is 2. The van der Waals surface area contributed by atoms with Crippen molar-refractivity contribution in [1.29, 1.82) is 0 Å². The SMILES string of the molecule is CCCC(CN(c1ccccc1)[Si](C)(C)C)N(N)c1ccccc1. The Balaban J connectivity index is 2.26. The van der Waals surface area contributed by atoms with Gasteiger partial charge in [-0.05, 0) is 30.7 Å². The smallest absolute Gasteiger partial charge is 0.147 e. The van der Waals surface area contributed by atoms with Crippen LogP contribution < -0.4 is 15.4 Å². The van der Waals surface area contributed by atoms with Crippen LogP contribution in [0.3, 0.4) is 0 Å². The summed E-state index contributed by atoms with van der Waals surface area (Å²) < 4.78 is 2.59. The summed E-state index contributed by atoms with van der Waals surface area (Å²) in [5, 5.41) is 1.96. The van der Waals surface area contributed by atoms with Gasteiger partial charge in [0, 0.05) is 12.2 Å². The summed E-state index contributed by atoms with van der Waals surface area (Å²) in [6.07, 6.45) is 2.21. The van der Waals surface area contributed by atoms with Crippen LogP contribution in [0.15, 0.2) is 60.7 Å². The van der Waals surface area contributed by atoms with E-state index in [-0.39, 0.29) is 0 Å². The summed E-state index contributed by atoms with van der Waals surface area (Å²) in [7, 11) is -1.51. The van der Waals surface area contributed by atoms with Crippen molar-refractivity contribution in [3.05, 3.63) is 60.7 Å². The average Bonchev–Trinajstić information content (AvgIpc) is 2.58. The first kappa shape index (κ1) is 18.6. The summed E-state index contributed by atoms with van der Waals surface area (Å²) in [4.78, 5) is 0. The molecular weight excluding hydrogens is 310 g/mol. The van der Waals surface area contributed by atoms with E-state index in [0.717, 1.165) is 25.1 Å². The zero-order valence-corrected chi connectivity index (χ0v) is 16.4. The highest BCUT2D eigenvalue weighted by molar-refractivity contribution is 6.79. The Bertz CT molecular complexity index is 595. The molecule has 1 unspecified atom stereocenters. The maximum atomic E-state index is 6.52. The van der Waals surface area contributed by atoms with Crippen molar-refractivity contribution < 1.29 is 0 Å². The first-order valence-electron chi connectivity index (χ1n) is 8.85. The number of nitrogens with two attached hydrogens (primary N) is 1. The Morgan fingerprint density at radius 3 is 1.83 bits per heavy atom. The Labute approximate surface area is 148 Å². The minimum Gasteiger partial charge on any atom is -0.396 e. The van der Waals surface area contributed by atoms with Crippen LogP contribution in [0.2, 0.25) is 19.6 Å². The zero-order valence-electron chi connectivity index (χ0n) is 15.4. The molecule has 3 nitrogen and oxygen atoms in total. The van der Waals surface area contributed by atoms with Gasteiger partial charge in [-0.3, -0.25) is 0 Å². The summed E-state index contributed by atoms with van der Waals surface area (Å²) in [5.74, 6) is 6.52. The average molecular weight is 342 g/mol. The lowest BCUT2D eigenvalue weighted by molar-refractivity contribution is 0.558.